The summed E-state index contributed by atoms with van der Waals surface area (Å²) in [4.78, 5) is 16.3. The van der Waals surface area contributed by atoms with Gasteiger partial charge in [-0.15, -0.1) is 0 Å². The first-order chi connectivity index (χ1) is 11.3. The number of oxazole rings is 1. The van der Waals surface area contributed by atoms with Gasteiger partial charge in [0.15, 0.2) is 5.76 Å². The third-order valence-electron chi connectivity index (χ3n) is 3.72. The minimum Gasteiger partial charge on any atom is -0.439 e. The first-order valence-corrected chi connectivity index (χ1v) is 9.15. The highest BCUT2D eigenvalue weighted by molar-refractivity contribution is 7.88. The quantitative estimate of drug-likeness (QED) is 0.891. The lowest BCUT2D eigenvalue weighted by Crippen LogP contribution is -2.34. The Morgan fingerprint density at radius 3 is 2.71 bits per heavy atom. The molecule has 7 nitrogen and oxygen atoms in total. The molecular weight excluding hydrogens is 354 g/mol. The SMILES string of the molecule is CC(C)[C@H]1NS(=O)(=O)N(Cc2ncc(-c3ccccc3Cl)o2)C1=O. The van der Waals surface area contributed by atoms with Gasteiger partial charge in [-0.25, -0.2) is 9.29 Å². The number of nitrogens with zero attached hydrogens (tertiary/aromatic N) is 2. The van der Waals surface area contributed by atoms with E-state index in [9.17, 15) is 13.2 Å². The van der Waals surface area contributed by atoms with Crippen LogP contribution in [0.3, 0.4) is 0 Å². The summed E-state index contributed by atoms with van der Waals surface area (Å²) in [6, 6.07) is 6.30. The van der Waals surface area contributed by atoms with Crippen LogP contribution in [-0.4, -0.2) is 29.7 Å². The topological polar surface area (TPSA) is 92.5 Å². The van der Waals surface area contributed by atoms with E-state index < -0.39 is 22.2 Å². The molecule has 24 heavy (non-hydrogen) atoms. The molecule has 0 spiro atoms. The van der Waals surface area contributed by atoms with Crippen LogP contribution >= 0.6 is 11.6 Å². The number of nitrogens with one attached hydrogen (secondary N) is 1. The van der Waals surface area contributed by atoms with Crippen LogP contribution in [0.2, 0.25) is 5.02 Å². The number of hydrogen-bond acceptors (Lipinski definition) is 5. The van der Waals surface area contributed by atoms with Gasteiger partial charge < -0.3 is 4.42 Å². The van der Waals surface area contributed by atoms with Gasteiger partial charge >= 0.3 is 10.2 Å². The average molecular weight is 370 g/mol. The largest absolute Gasteiger partial charge is 0.439 e. The molecule has 1 aliphatic rings. The van der Waals surface area contributed by atoms with Crippen molar-refractivity contribution in [1.29, 1.82) is 0 Å². The van der Waals surface area contributed by atoms with E-state index in [-0.39, 0.29) is 18.4 Å². The van der Waals surface area contributed by atoms with Crippen molar-refractivity contribution in [2.24, 2.45) is 5.92 Å². The summed E-state index contributed by atoms with van der Waals surface area (Å²) in [5.41, 5.74) is 0.645. The zero-order valence-corrected chi connectivity index (χ0v) is 14.6. The number of aromatic nitrogens is 1. The number of carbonyl (C=O) groups is 1. The van der Waals surface area contributed by atoms with Gasteiger partial charge in [-0.1, -0.05) is 37.6 Å². The van der Waals surface area contributed by atoms with E-state index in [4.69, 9.17) is 16.0 Å². The van der Waals surface area contributed by atoms with Crippen LogP contribution in [0.15, 0.2) is 34.9 Å². The predicted molar refractivity (Wildman–Crippen MR) is 88.2 cm³/mol. The van der Waals surface area contributed by atoms with Gasteiger partial charge in [0.25, 0.3) is 5.91 Å². The van der Waals surface area contributed by atoms with E-state index in [1.807, 2.05) is 0 Å². The van der Waals surface area contributed by atoms with Gasteiger partial charge in [0, 0.05) is 5.56 Å². The van der Waals surface area contributed by atoms with E-state index in [0.717, 1.165) is 4.31 Å². The molecule has 0 radical (unpaired) electrons. The highest BCUT2D eigenvalue weighted by atomic mass is 35.5. The van der Waals surface area contributed by atoms with Crippen molar-refractivity contribution in [2.45, 2.75) is 26.4 Å². The molecule has 1 atom stereocenters. The third kappa shape index (κ3) is 3.04. The highest BCUT2D eigenvalue weighted by Crippen LogP contribution is 2.29. The van der Waals surface area contributed by atoms with Crippen LogP contribution in [0, 0.1) is 5.92 Å². The maximum atomic E-state index is 12.3. The van der Waals surface area contributed by atoms with Crippen LogP contribution in [0.25, 0.3) is 11.3 Å². The second-order valence-corrected chi connectivity index (χ2v) is 7.82. The fraction of sp³-hybridized carbons (Fsp3) is 0.333. The first-order valence-electron chi connectivity index (χ1n) is 7.33. The Labute approximate surface area is 144 Å². The first kappa shape index (κ1) is 16.9. The van der Waals surface area contributed by atoms with E-state index in [0.29, 0.717) is 16.3 Å². The summed E-state index contributed by atoms with van der Waals surface area (Å²) in [6.07, 6.45) is 1.46. The van der Waals surface area contributed by atoms with Crippen molar-refractivity contribution < 1.29 is 17.6 Å². The van der Waals surface area contributed by atoms with Crippen LogP contribution in [0.1, 0.15) is 19.7 Å². The van der Waals surface area contributed by atoms with Gasteiger partial charge in [-0.2, -0.15) is 13.1 Å². The Bertz CT molecular complexity index is 878. The molecule has 3 rings (SSSR count). The lowest BCUT2D eigenvalue weighted by molar-refractivity contribution is -0.128. The van der Waals surface area contributed by atoms with Gasteiger partial charge in [-0.05, 0) is 18.1 Å². The summed E-state index contributed by atoms with van der Waals surface area (Å²) in [5.74, 6) is -0.135. The van der Waals surface area contributed by atoms with Crippen LogP contribution < -0.4 is 4.72 Å². The Hall–Kier alpha value is -1.90. The molecule has 1 aromatic heterocycles. The normalized spacial score (nSPS) is 20.1. The van der Waals surface area contributed by atoms with E-state index in [1.54, 1.807) is 38.1 Å². The van der Waals surface area contributed by atoms with E-state index >= 15 is 0 Å². The smallest absolute Gasteiger partial charge is 0.305 e. The predicted octanol–water partition coefficient (Wildman–Crippen LogP) is 2.20. The molecule has 1 saturated heterocycles. The zero-order chi connectivity index (χ0) is 17.5. The molecule has 0 aliphatic carbocycles. The van der Waals surface area contributed by atoms with Gasteiger partial charge in [0.05, 0.1) is 11.2 Å². The minimum atomic E-state index is -3.88. The molecule has 1 aromatic carbocycles. The van der Waals surface area contributed by atoms with Crippen LogP contribution in [-0.2, 0) is 21.5 Å². The molecule has 1 aliphatic heterocycles. The summed E-state index contributed by atoms with van der Waals surface area (Å²) in [7, 11) is -3.88. The third-order valence-corrected chi connectivity index (χ3v) is 5.49. The minimum absolute atomic E-state index is 0.119. The fourth-order valence-electron chi connectivity index (χ4n) is 2.42. The molecular formula is C15H16ClN3O4S. The van der Waals surface area contributed by atoms with Crippen molar-refractivity contribution in [3.8, 4) is 11.3 Å². The number of benzene rings is 1. The Morgan fingerprint density at radius 1 is 1.38 bits per heavy atom. The number of amides is 1. The summed E-state index contributed by atoms with van der Waals surface area (Å²) in [6.45, 7) is 3.28. The maximum absolute atomic E-state index is 12.3. The van der Waals surface area contributed by atoms with Gasteiger partial charge in [-0.3, -0.25) is 4.79 Å². The molecule has 1 fully saturated rings. The van der Waals surface area contributed by atoms with Crippen LogP contribution in [0.4, 0.5) is 0 Å². The molecule has 128 valence electrons. The summed E-state index contributed by atoms with van der Waals surface area (Å²) < 4.78 is 32.9. The number of hydrogen-bond donors (Lipinski definition) is 1. The summed E-state index contributed by atoms with van der Waals surface area (Å²) >= 11 is 6.10. The summed E-state index contributed by atoms with van der Waals surface area (Å²) in [5, 5.41) is 0.492. The van der Waals surface area contributed by atoms with Crippen molar-refractivity contribution >= 4 is 27.7 Å². The average Bonchev–Trinajstić information content (AvgIpc) is 3.06. The fourth-order valence-corrected chi connectivity index (χ4v) is 4.10. The number of rotatable bonds is 4. The van der Waals surface area contributed by atoms with Crippen molar-refractivity contribution in [2.75, 3.05) is 0 Å². The molecule has 1 amide bonds. The molecule has 0 saturated carbocycles. The van der Waals surface area contributed by atoms with Crippen molar-refractivity contribution in [3.63, 3.8) is 0 Å². The Balaban J connectivity index is 1.85. The second kappa shape index (κ2) is 6.19. The Kier molecular flexibility index (Phi) is 4.37. The molecule has 0 unspecified atom stereocenters. The van der Waals surface area contributed by atoms with Gasteiger partial charge in [0.1, 0.15) is 12.6 Å². The molecule has 2 aromatic rings. The monoisotopic (exact) mass is 369 g/mol. The number of carbonyl (C=O) groups excluding carboxylic acids is 1. The highest BCUT2D eigenvalue weighted by Gasteiger charge is 2.44. The Morgan fingerprint density at radius 2 is 2.08 bits per heavy atom. The van der Waals surface area contributed by atoms with Gasteiger partial charge in [0.2, 0.25) is 5.89 Å². The lowest BCUT2D eigenvalue weighted by atomic mass is 10.1. The number of halogens is 1. The zero-order valence-electron chi connectivity index (χ0n) is 13.1. The van der Waals surface area contributed by atoms with Crippen molar-refractivity contribution in [3.05, 3.63) is 41.4 Å². The molecule has 9 heteroatoms. The molecule has 0 bridgehead atoms. The standard InChI is InChI=1S/C15H16ClN3O4S/c1-9(2)14-15(20)19(24(21,22)18-14)8-13-17-7-12(23-13)10-5-3-4-6-11(10)16/h3-7,9,14,18H,8H2,1-2H3/t14-/m1/s1. The van der Waals surface area contributed by atoms with E-state index in [2.05, 4.69) is 9.71 Å². The van der Waals surface area contributed by atoms with Crippen LogP contribution in [0.5, 0.6) is 0 Å². The lowest BCUT2D eigenvalue weighted by Gasteiger charge is -2.12. The maximum Gasteiger partial charge on any atom is 0.305 e. The molecule has 1 N–H and O–H groups in total. The van der Waals surface area contributed by atoms with Crippen molar-refractivity contribution in [1.82, 2.24) is 14.0 Å². The second-order valence-electron chi connectivity index (χ2n) is 5.79. The van der Waals surface area contributed by atoms with E-state index in [1.165, 1.54) is 6.20 Å². The molecule has 2 heterocycles.